The Labute approximate surface area is 239 Å². The third-order valence-electron chi connectivity index (χ3n) is 8.32. The standard InChI is InChI=1S/C34H35F2N5/c35-28-12-8-26(9-13-28)31(27-10-14-29(36)15-11-27)6-4-20-40-21-16-25(17-22-40)23-33-39-32-7-3-19-38-34(32)41(33)24-30-5-1-2-18-37-30/h1-3,5,7-15,18-19,25,31H,4,6,16-17,20-24H2. The summed E-state index contributed by atoms with van der Waals surface area (Å²) in [5.41, 5.74) is 5.00. The number of benzene rings is 2. The second-order valence-electron chi connectivity index (χ2n) is 11.1. The fourth-order valence-corrected chi connectivity index (χ4v) is 6.09. The minimum absolute atomic E-state index is 0.120. The van der Waals surface area contributed by atoms with Gasteiger partial charge in [-0.1, -0.05) is 30.3 Å². The third-order valence-corrected chi connectivity index (χ3v) is 8.32. The first-order valence-electron chi connectivity index (χ1n) is 14.6. The summed E-state index contributed by atoms with van der Waals surface area (Å²) in [6.45, 7) is 3.84. The molecule has 0 bridgehead atoms. The molecule has 1 fully saturated rings. The van der Waals surface area contributed by atoms with E-state index < -0.39 is 0 Å². The van der Waals surface area contributed by atoms with Gasteiger partial charge in [0.1, 0.15) is 23.0 Å². The summed E-state index contributed by atoms with van der Waals surface area (Å²) >= 11 is 0. The zero-order valence-electron chi connectivity index (χ0n) is 23.2. The number of hydrogen-bond donors (Lipinski definition) is 0. The Morgan fingerprint density at radius 1 is 0.780 bits per heavy atom. The molecule has 0 saturated carbocycles. The van der Waals surface area contributed by atoms with Crippen LogP contribution in [0.15, 0.2) is 91.3 Å². The lowest BCUT2D eigenvalue weighted by Crippen LogP contribution is -2.35. The van der Waals surface area contributed by atoms with Crippen LogP contribution in [0.1, 0.15) is 54.2 Å². The Morgan fingerprint density at radius 3 is 2.12 bits per heavy atom. The number of aromatic nitrogens is 4. The van der Waals surface area contributed by atoms with Gasteiger partial charge in [-0.2, -0.15) is 0 Å². The van der Waals surface area contributed by atoms with Crippen LogP contribution in [0.25, 0.3) is 11.2 Å². The predicted molar refractivity (Wildman–Crippen MR) is 158 cm³/mol. The normalized spacial score (nSPS) is 14.7. The lowest BCUT2D eigenvalue weighted by atomic mass is 9.87. The largest absolute Gasteiger partial charge is 0.307 e. The zero-order chi connectivity index (χ0) is 28.0. The average molecular weight is 552 g/mol. The van der Waals surface area contributed by atoms with Crippen LogP contribution in [-0.2, 0) is 13.0 Å². The maximum atomic E-state index is 13.6. The highest BCUT2D eigenvalue weighted by atomic mass is 19.1. The molecular weight excluding hydrogens is 516 g/mol. The van der Waals surface area contributed by atoms with Gasteiger partial charge in [0, 0.05) is 24.7 Å². The van der Waals surface area contributed by atoms with Gasteiger partial charge in [0.2, 0.25) is 0 Å². The Bertz CT molecular complexity index is 1500. The van der Waals surface area contributed by atoms with Crippen LogP contribution < -0.4 is 0 Å². The maximum Gasteiger partial charge on any atom is 0.160 e. The second kappa shape index (κ2) is 12.7. The summed E-state index contributed by atoms with van der Waals surface area (Å²) in [5.74, 6) is 1.31. The number of imidazole rings is 1. The summed E-state index contributed by atoms with van der Waals surface area (Å²) < 4.78 is 29.4. The quantitative estimate of drug-likeness (QED) is 0.187. The summed E-state index contributed by atoms with van der Waals surface area (Å²) in [5, 5.41) is 0. The van der Waals surface area contributed by atoms with Gasteiger partial charge in [-0.05, 0) is 111 Å². The van der Waals surface area contributed by atoms with Gasteiger partial charge in [0.15, 0.2) is 5.65 Å². The molecule has 4 heterocycles. The number of likely N-dealkylation sites (tertiary alicyclic amines) is 1. The highest BCUT2D eigenvalue weighted by Crippen LogP contribution is 2.31. The van der Waals surface area contributed by atoms with Gasteiger partial charge in [0.05, 0.1) is 12.2 Å². The van der Waals surface area contributed by atoms with Crippen LogP contribution in [-0.4, -0.2) is 44.1 Å². The molecule has 0 atom stereocenters. The highest BCUT2D eigenvalue weighted by molar-refractivity contribution is 5.71. The minimum atomic E-state index is -0.238. The molecule has 0 radical (unpaired) electrons. The molecule has 0 unspecified atom stereocenters. The fraction of sp³-hybridized carbons (Fsp3) is 0.324. The second-order valence-corrected chi connectivity index (χ2v) is 11.1. The first-order chi connectivity index (χ1) is 20.1. The number of rotatable bonds is 10. The Balaban J connectivity index is 1.06. The van der Waals surface area contributed by atoms with Crippen molar-refractivity contribution in [2.45, 2.75) is 44.6 Å². The van der Waals surface area contributed by atoms with E-state index in [2.05, 4.69) is 19.4 Å². The highest BCUT2D eigenvalue weighted by Gasteiger charge is 2.23. The van der Waals surface area contributed by atoms with Gasteiger partial charge in [-0.15, -0.1) is 0 Å². The Kier molecular flexibility index (Phi) is 8.42. The molecule has 41 heavy (non-hydrogen) atoms. The van der Waals surface area contributed by atoms with E-state index in [-0.39, 0.29) is 17.6 Å². The topological polar surface area (TPSA) is 46.8 Å². The van der Waals surface area contributed by atoms with E-state index >= 15 is 0 Å². The summed E-state index contributed by atoms with van der Waals surface area (Å²) in [6, 6.07) is 23.4. The molecule has 5 aromatic rings. The van der Waals surface area contributed by atoms with Gasteiger partial charge in [0.25, 0.3) is 0 Å². The molecule has 6 rings (SSSR count). The molecule has 0 N–H and O–H groups in total. The molecule has 1 saturated heterocycles. The van der Waals surface area contributed by atoms with Crippen molar-refractivity contribution >= 4 is 11.2 Å². The molecule has 0 spiro atoms. The summed E-state index contributed by atoms with van der Waals surface area (Å²) in [7, 11) is 0. The van der Waals surface area contributed by atoms with Crippen LogP contribution >= 0.6 is 0 Å². The van der Waals surface area contributed by atoms with Crippen LogP contribution in [0.3, 0.4) is 0 Å². The maximum absolute atomic E-state index is 13.6. The van der Waals surface area contributed by atoms with Crippen LogP contribution in [0.2, 0.25) is 0 Å². The lowest BCUT2D eigenvalue weighted by Gasteiger charge is -2.32. The van der Waals surface area contributed by atoms with E-state index in [0.29, 0.717) is 12.5 Å². The van der Waals surface area contributed by atoms with Gasteiger partial charge in [-0.25, -0.2) is 18.7 Å². The molecule has 210 valence electrons. The molecule has 1 aliphatic rings. The van der Waals surface area contributed by atoms with E-state index in [1.54, 1.807) is 0 Å². The van der Waals surface area contributed by atoms with Crippen LogP contribution in [0, 0.1) is 17.6 Å². The molecule has 5 nitrogen and oxygen atoms in total. The summed E-state index contributed by atoms with van der Waals surface area (Å²) in [6.07, 6.45) is 8.83. The molecule has 3 aromatic heterocycles. The SMILES string of the molecule is Fc1ccc(C(CCCN2CCC(Cc3nc4cccnc4n3Cc3ccccn3)CC2)c2ccc(F)cc2)cc1. The smallest absolute Gasteiger partial charge is 0.160 e. The molecule has 0 aliphatic carbocycles. The van der Waals surface area contributed by atoms with Crippen LogP contribution in [0.5, 0.6) is 0 Å². The van der Waals surface area contributed by atoms with Crippen molar-refractivity contribution in [1.82, 2.24) is 24.4 Å². The molecular formula is C34H35F2N5. The van der Waals surface area contributed by atoms with E-state index in [0.717, 1.165) is 85.5 Å². The first kappa shape index (κ1) is 27.2. The van der Waals surface area contributed by atoms with Crippen molar-refractivity contribution in [2.75, 3.05) is 19.6 Å². The van der Waals surface area contributed by atoms with Crippen molar-refractivity contribution < 1.29 is 8.78 Å². The third kappa shape index (κ3) is 6.68. The zero-order valence-corrected chi connectivity index (χ0v) is 23.2. The van der Waals surface area contributed by atoms with E-state index in [4.69, 9.17) is 4.98 Å². The molecule has 2 aromatic carbocycles. The molecule has 1 aliphatic heterocycles. The van der Waals surface area contributed by atoms with Gasteiger partial charge in [-0.3, -0.25) is 4.98 Å². The number of nitrogens with zero attached hydrogens (tertiary/aromatic N) is 5. The molecule has 0 amide bonds. The lowest BCUT2D eigenvalue weighted by molar-refractivity contribution is 0.179. The minimum Gasteiger partial charge on any atom is -0.307 e. The number of pyridine rings is 2. The average Bonchev–Trinajstić information content (AvgIpc) is 3.34. The van der Waals surface area contributed by atoms with Crippen molar-refractivity contribution in [3.63, 3.8) is 0 Å². The summed E-state index contributed by atoms with van der Waals surface area (Å²) in [4.78, 5) is 16.7. The number of fused-ring (bicyclic) bond motifs is 1. The van der Waals surface area contributed by atoms with E-state index in [9.17, 15) is 8.78 Å². The van der Waals surface area contributed by atoms with Crippen LogP contribution in [0.4, 0.5) is 8.78 Å². The van der Waals surface area contributed by atoms with E-state index in [1.807, 2.05) is 67.0 Å². The number of piperidine rings is 1. The Hall–Kier alpha value is -3.97. The van der Waals surface area contributed by atoms with Crippen molar-refractivity contribution in [3.8, 4) is 0 Å². The Morgan fingerprint density at radius 2 is 1.46 bits per heavy atom. The monoisotopic (exact) mass is 551 g/mol. The van der Waals surface area contributed by atoms with Gasteiger partial charge < -0.3 is 9.47 Å². The van der Waals surface area contributed by atoms with Crippen molar-refractivity contribution in [3.05, 3.63) is 126 Å². The first-order valence-corrected chi connectivity index (χ1v) is 14.6. The predicted octanol–water partition coefficient (Wildman–Crippen LogP) is 7.02. The fourth-order valence-electron chi connectivity index (χ4n) is 6.09. The molecule has 7 heteroatoms. The van der Waals surface area contributed by atoms with E-state index in [1.165, 1.54) is 24.3 Å². The van der Waals surface area contributed by atoms with Crippen molar-refractivity contribution in [1.29, 1.82) is 0 Å². The van der Waals surface area contributed by atoms with Gasteiger partial charge >= 0.3 is 0 Å². The number of halogens is 2. The van der Waals surface area contributed by atoms with Crippen molar-refractivity contribution in [2.24, 2.45) is 5.92 Å². The number of hydrogen-bond acceptors (Lipinski definition) is 4.